The SMILES string of the molecule is CC(CCCO)NCc1cccc2ccccc12. The second-order valence-corrected chi connectivity index (χ2v) is 4.79. The highest BCUT2D eigenvalue weighted by Crippen LogP contribution is 2.18. The number of aliphatic hydroxyl groups is 1. The van der Waals surface area contributed by atoms with Gasteiger partial charge in [-0.2, -0.15) is 0 Å². The first-order valence-corrected chi connectivity index (χ1v) is 6.62. The van der Waals surface area contributed by atoms with Gasteiger partial charge in [0.05, 0.1) is 0 Å². The Morgan fingerprint density at radius 2 is 1.89 bits per heavy atom. The zero-order valence-corrected chi connectivity index (χ0v) is 10.9. The van der Waals surface area contributed by atoms with Crippen LogP contribution in [0.3, 0.4) is 0 Å². The molecule has 2 nitrogen and oxygen atoms in total. The van der Waals surface area contributed by atoms with E-state index in [-0.39, 0.29) is 6.61 Å². The number of hydrogen-bond donors (Lipinski definition) is 2. The molecule has 2 aromatic carbocycles. The summed E-state index contributed by atoms with van der Waals surface area (Å²) in [6, 6.07) is 15.3. The Hall–Kier alpha value is -1.38. The molecular formula is C16H21NO. The fourth-order valence-electron chi connectivity index (χ4n) is 2.23. The average molecular weight is 243 g/mol. The molecule has 0 spiro atoms. The lowest BCUT2D eigenvalue weighted by molar-refractivity contribution is 0.276. The summed E-state index contributed by atoms with van der Waals surface area (Å²) in [5.74, 6) is 0. The number of hydrogen-bond acceptors (Lipinski definition) is 2. The molecule has 1 unspecified atom stereocenters. The van der Waals surface area contributed by atoms with Crippen LogP contribution in [0.4, 0.5) is 0 Å². The zero-order valence-electron chi connectivity index (χ0n) is 10.9. The van der Waals surface area contributed by atoms with Crippen molar-refractivity contribution in [1.29, 1.82) is 0 Å². The molecule has 18 heavy (non-hydrogen) atoms. The van der Waals surface area contributed by atoms with E-state index in [4.69, 9.17) is 5.11 Å². The summed E-state index contributed by atoms with van der Waals surface area (Å²) >= 11 is 0. The molecule has 2 N–H and O–H groups in total. The summed E-state index contributed by atoms with van der Waals surface area (Å²) in [7, 11) is 0. The van der Waals surface area contributed by atoms with Gasteiger partial charge < -0.3 is 10.4 Å². The molecule has 0 aliphatic carbocycles. The molecule has 0 radical (unpaired) electrons. The van der Waals surface area contributed by atoms with Crippen molar-refractivity contribution < 1.29 is 5.11 Å². The molecular weight excluding hydrogens is 222 g/mol. The first-order valence-electron chi connectivity index (χ1n) is 6.62. The number of rotatable bonds is 6. The Labute approximate surface area is 109 Å². The number of fused-ring (bicyclic) bond motifs is 1. The summed E-state index contributed by atoms with van der Waals surface area (Å²) in [5, 5.41) is 14.9. The van der Waals surface area contributed by atoms with Crippen LogP contribution in [-0.2, 0) is 6.54 Å². The molecule has 1 atom stereocenters. The topological polar surface area (TPSA) is 32.3 Å². The third kappa shape index (κ3) is 3.31. The van der Waals surface area contributed by atoms with Gasteiger partial charge in [-0.05, 0) is 36.1 Å². The normalized spacial score (nSPS) is 12.8. The van der Waals surface area contributed by atoms with Gasteiger partial charge in [-0.1, -0.05) is 42.5 Å². The molecule has 0 saturated heterocycles. The van der Waals surface area contributed by atoms with Gasteiger partial charge in [0.2, 0.25) is 0 Å². The Bertz CT molecular complexity index is 490. The van der Waals surface area contributed by atoms with Gasteiger partial charge in [0.15, 0.2) is 0 Å². The predicted octanol–water partition coefficient (Wildman–Crippen LogP) is 3.09. The van der Waals surface area contributed by atoms with Crippen LogP contribution in [0.2, 0.25) is 0 Å². The largest absolute Gasteiger partial charge is 0.396 e. The van der Waals surface area contributed by atoms with Crippen molar-refractivity contribution in [1.82, 2.24) is 5.32 Å². The van der Waals surface area contributed by atoms with E-state index < -0.39 is 0 Å². The first kappa shape index (κ1) is 13.1. The molecule has 0 aliphatic rings. The van der Waals surface area contributed by atoms with E-state index in [0.717, 1.165) is 19.4 Å². The molecule has 0 bridgehead atoms. The maximum atomic E-state index is 8.81. The van der Waals surface area contributed by atoms with Crippen LogP contribution in [0.5, 0.6) is 0 Å². The highest BCUT2D eigenvalue weighted by atomic mass is 16.2. The molecule has 0 aliphatic heterocycles. The second kappa shape index (κ2) is 6.53. The summed E-state index contributed by atoms with van der Waals surface area (Å²) in [4.78, 5) is 0. The van der Waals surface area contributed by atoms with E-state index in [1.54, 1.807) is 0 Å². The summed E-state index contributed by atoms with van der Waals surface area (Å²) < 4.78 is 0. The van der Waals surface area contributed by atoms with Crippen molar-refractivity contribution in [3.05, 3.63) is 48.0 Å². The van der Waals surface area contributed by atoms with E-state index in [2.05, 4.69) is 54.7 Å². The maximum Gasteiger partial charge on any atom is 0.0431 e. The summed E-state index contributed by atoms with van der Waals surface area (Å²) in [5.41, 5.74) is 1.34. The third-order valence-corrected chi connectivity index (χ3v) is 3.32. The average Bonchev–Trinajstić information content (AvgIpc) is 2.42. The van der Waals surface area contributed by atoms with Crippen molar-refractivity contribution in [3.8, 4) is 0 Å². The molecule has 0 aromatic heterocycles. The lowest BCUT2D eigenvalue weighted by Crippen LogP contribution is -2.25. The van der Waals surface area contributed by atoms with Crippen molar-refractivity contribution in [2.75, 3.05) is 6.61 Å². The monoisotopic (exact) mass is 243 g/mol. The van der Waals surface area contributed by atoms with Crippen molar-refractivity contribution in [3.63, 3.8) is 0 Å². The Balaban J connectivity index is 2.03. The minimum Gasteiger partial charge on any atom is -0.396 e. The van der Waals surface area contributed by atoms with Gasteiger partial charge in [-0.3, -0.25) is 0 Å². The number of nitrogens with one attached hydrogen (secondary N) is 1. The maximum absolute atomic E-state index is 8.81. The minimum absolute atomic E-state index is 0.278. The van der Waals surface area contributed by atoms with Crippen LogP contribution in [0.15, 0.2) is 42.5 Å². The van der Waals surface area contributed by atoms with Crippen molar-refractivity contribution >= 4 is 10.8 Å². The van der Waals surface area contributed by atoms with E-state index in [9.17, 15) is 0 Å². The van der Waals surface area contributed by atoms with Gasteiger partial charge in [0.25, 0.3) is 0 Å². The van der Waals surface area contributed by atoms with Crippen LogP contribution in [0, 0.1) is 0 Å². The molecule has 2 rings (SSSR count). The fourth-order valence-corrected chi connectivity index (χ4v) is 2.23. The quantitative estimate of drug-likeness (QED) is 0.817. The predicted molar refractivity (Wildman–Crippen MR) is 76.6 cm³/mol. The van der Waals surface area contributed by atoms with Crippen molar-refractivity contribution in [2.45, 2.75) is 32.4 Å². The van der Waals surface area contributed by atoms with Crippen LogP contribution in [0.25, 0.3) is 10.8 Å². The van der Waals surface area contributed by atoms with Gasteiger partial charge in [0, 0.05) is 19.2 Å². The van der Waals surface area contributed by atoms with Gasteiger partial charge >= 0.3 is 0 Å². The van der Waals surface area contributed by atoms with Gasteiger partial charge in [0.1, 0.15) is 0 Å². The number of aliphatic hydroxyl groups excluding tert-OH is 1. The first-order chi connectivity index (χ1) is 8.81. The summed E-state index contributed by atoms with van der Waals surface area (Å²) in [6.45, 7) is 3.33. The number of benzene rings is 2. The third-order valence-electron chi connectivity index (χ3n) is 3.32. The van der Waals surface area contributed by atoms with E-state index in [1.807, 2.05) is 0 Å². The standard InChI is InChI=1S/C16H21NO/c1-13(6-5-11-18)17-12-15-9-4-8-14-7-2-3-10-16(14)15/h2-4,7-10,13,17-18H,5-6,11-12H2,1H3. The lowest BCUT2D eigenvalue weighted by Gasteiger charge is -2.14. The highest BCUT2D eigenvalue weighted by Gasteiger charge is 2.03. The molecule has 0 saturated carbocycles. The van der Waals surface area contributed by atoms with E-state index in [1.165, 1.54) is 16.3 Å². The molecule has 96 valence electrons. The van der Waals surface area contributed by atoms with Crippen molar-refractivity contribution in [2.24, 2.45) is 0 Å². The molecule has 2 aromatic rings. The molecule has 2 heteroatoms. The Kier molecular flexibility index (Phi) is 4.73. The van der Waals surface area contributed by atoms with E-state index >= 15 is 0 Å². The minimum atomic E-state index is 0.278. The van der Waals surface area contributed by atoms with Crippen LogP contribution in [0.1, 0.15) is 25.3 Å². The van der Waals surface area contributed by atoms with Crippen LogP contribution in [-0.4, -0.2) is 17.8 Å². The van der Waals surface area contributed by atoms with Crippen LogP contribution < -0.4 is 5.32 Å². The zero-order chi connectivity index (χ0) is 12.8. The Morgan fingerprint density at radius 1 is 1.11 bits per heavy atom. The molecule has 0 fully saturated rings. The smallest absolute Gasteiger partial charge is 0.0431 e. The molecule has 0 heterocycles. The highest BCUT2D eigenvalue weighted by molar-refractivity contribution is 5.85. The fraction of sp³-hybridized carbons (Fsp3) is 0.375. The van der Waals surface area contributed by atoms with Gasteiger partial charge in [-0.15, -0.1) is 0 Å². The van der Waals surface area contributed by atoms with Crippen LogP contribution >= 0.6 is 0 Å². The van der Waals surface area contributed by atoms with E-state index in [0.29, 0.717) is 6.04 Å². The molecule has 0 amide bonds. The lowest BCUT2D eigenvalue weighted by atomic mass is 10.0. The Morgan fingerprint density at radius 3 is 2.72 bits per heavy atom. The van der Waals surface area contributed by atoms with Gasteiger partial charge in [-0.25, -0.2) is 0 Å². The second-order valence-electron chi connectivity index (χ2n) is 4.79. The summed E-state index contributed by atoms with van der Waals surface area (Å²) in [6.07, 6.45) is 1.88.